The smallest absolute Gasteiger partial charge is 0.414 e. The monoisotopic (exact) mass is 439 g/mol. The van der Waals surface area contributed by atoms with E-state index in [0.717, 1.165) is 32.0 Å². The van der Waals surface area contributed by atoms with Crippen LogP contribution in [0.15, 0.2) is 18.2 Å². The Balaban J connectivity index is 0.000000703. The standard InChI is InChI=1S/C21H35NO3.C2H2O4/c1-16-7-8-20(19(13-16)21(4,5)6)24-12-11-23-10-9-22-14-17(2)25-18(3)15-22;3-1(4)2(5)6/h7-8,13,17-18H,9-12,14-15H2,1-6H3;(H,3,4)(H,5,6). The van der Waals surface area contributed by atoms with E-state index in [1.54, 1.807) is 0 Å². The first-order valence-corrected chi connectivity index (χ1v) is 10.6. The van der Waals surface area contributed by atoms with Crippen LogP contribution < -0.4 is 4.74 Å². The third kappa shape index (κ3) is 10.6. The van der Waals surface area contributed by atoms with Crippen LogP contribution in [0.1, 0.15) is 45.7 Å². The highest BCUT2D eigenvalue weighted by molar-refractivity contribution is 6.27. The van der Waals surface area contributed by atoms with E-state index in [1.165, 1.54) is 11.1 Å². The van der Waals surface area contributed by atoms with Gasteiger partial charge in [-0.2, -0.15) is 0 Å². The van der Waals surface area contributed by atoms with Gasteiger partial charge >= 0.3 is 11.9 Å². The highest BCUT2D eigenvalue weighted by atomic mass is 16.5. The molecule has 1 aromatic carbocycles. The Bertz CT molecular complexity index is 692. The van der Waals surface area contributed by atoms with E-state index in [4.69, 9.17) is 34.0 Å². The Morgan fingerprint density at radius 2 is 1.65 bits per heavy atom. The summed E-state index contributed by atoms with van der Waals surface area (Å²) in [6, 6.07) is 6.40. The molecule has 0 aromatic heterocycles. The molecular formula is C23H37NO7. The van der Waals surface area contributed by atoms with Gasteiger partial charge in [0.25, 0.3) is 0 Å². The first-order chi connectivity index (χ1) is 14.4. The number of hydrogen-bond acceptors (Lipinski definition) is 6. The maximum absolute atomic E-state index is 9.10. The van der Waals surface area contributed by atoms with Crippen LogP contribution in [-0.2, 0) is 24.5 Å². The number of aliphatic carboxylic acids is 2. The lowest BCUT2D eigenvalue weighted by atomic mass is 9.85. The molecule has 8 nitrogen and oxygen atoms in total. The molecule has 1 fully saturated rings. The molecule has 1 aliphatic rings. The van der Waals surface area contributed by atoms with E-state index in [2.05, 4.69) is 64.6 Å². The van der Waals surface area contributed by atoms with Crippen LogP contribution in [-0.4, -0.2) is 78.7 Å². The minimum absolute atomic E-state index is 0.0753. The van der Waals surface area contributed by atoms with Gasteiger partial charge in [-0.15, -0.1) is 0 Å². The van der Waals surface area contributed by atoms with Crippen molar-refractivity contribution in [1.82, 2.24) is 4.90 Å². The van der Waals surface area contributed by atoms with Gasteiger partial charge < -0.3 is 24.4 Å². The molecule has 0 bridgehead atoms. The summed E-state index contributed by atoms with van der Waals surface area (Å²) >= 11 is 0. The third-order valence-electron chi connectivity index (χ3n) is 4.66. The molecular weight excluding hydrogens is 402 g/mol. The van der Waals surface area contributed by atoms with Crippen LogP contribution in [0.2, 0.25) is 0 Å². The van der Waals surface area contributed by atoms with Crippen LogP contribution in [0.5, 0.6) is 5.75 Å². The predicted molar refractivity (Wildman–Crippen MR) is 118 cm³/mol. The van der Waals surface area contributed by atoms with Gasteiger partial charge in [-0.25, -0.2) is 9.59 Å². The van der Waals surface area contributed by atoms with E-state index in [-0.39, 0.29) is 5.41 Å². The van der Waals surface area contributed by atoms with Crippen LogP contribution >= 0.6 is 0 Å². The molecule has 2 N–H and O–H groups in total. The molecule has 31 heavy (non-hydrogen) atoms. The topological polar surface area (TPSA) is 106 Å². The maximum Gasteiger partial charge on any atom is 0.414 e. The largest absolute Gasteiger partial charge is 0.491 e. The molecule has 8 heteroatoms. The number of hydrogen-bond donors (Lipinski definition) is 2. The van der Waals surface area contributed by atoms with Crippen molar-refractivity contribution in [2.75, 3.05) is 39.5 Å². The Morgan fingerprint density at radius 1 is 1.06 bits per heavy atom. The van der Waals surface area contributed by atoms with Gasteiger partial charge in [-0.05, 0) is 37.8 Å². The second-order valence-electron chi connectivity index (χ2n) is 8.84. The number of carbonyl (C=O) groups is 2. The average molecular weight is 440 g/mol. The predicted octanol–water partition coefficient (Wildman–Crippen LogP) is 2.95. The van der Waals surface area contributed by atoms with E-state index in [9.17, 15) is 0 Å². The molecule has 2 unspecified atom stereocenters. The molecule has 0 amide bonds. The van der Waals surface area contributed by atoms with E-state index >= 15 is 0 Å². The van der Waals surface area contributed by atoms with Crippen molar-refractivity contribution >= 4 is 11.9 Å². The normalized spacial score (nSPS) is 19.3. The number of carboxylic acid groups (broad SMARTS) is 2. The maximum atomic E-state index is 9.10. The summed E-state index contributed by atoms with van der Waals surface area (Å²) in [6.07, 6.45) is 0.619. The summed E-state index contributed by atoms with van der Waals surface area (Å²) in [7, 11) is 0. The second kappa shape index (κ2) is 12.6. The molecule has 2 atom stereocenters. The van der Waals surface area contributed by atoms with Crippen molar-refractivity contribution in [1.29, 1.82) is 0 Å². The first-order valence-electron chi connectivity index (χ1n) is 10.6. The minimum Gasteiger partial charge on any atom is -0.491 e. The number of benzene rings is 1. The van der Waals surface area contributed by atoms with E-state index in [0.29, 0.717) is 25.4 Å². The highest BCUT2D eigenvalue weighted by Crippen LogP contribution is 2.32. The zero-order valence-electron chi connectivity index (χ0n) is 19.5. The van der Waals surface area contributed by atoms with Crippen molar-refractivity contribution < 1.29 is 34.0 Å². The molecule has 0 radical (unpaired) electrons. The number of ether oxygens (including phenoxy) is 3. The molecule has 1 heterocycles. The van der Waals surface area contributed by atoms with E-state index in [1.807, 2.05) is 0 Å². The summed E-state index contributed by atoms with van der Waals surface area (Å²) in [5.41, 5.74) is 2.60. The van der Waals surface area contributed by atoms with Crippen molar-refractivity contribution in [3.05, 3.63) is 29.3 Å². The number of aryl methyl sites for hydroxylation is 1. The first kappa shape index (κ1) is 26.9. The van der Waals surface area contributed by atoms with Gasteiger partial charge in [-0.1, -0.05) is 38.5 Å². The Kier molecular flexibility index (Phi) is 11.0. The van der Waals surface area contributed by atoms with Crippen molar-refractivity contribution in [3.63, 3.8) is 0 Å². The van der Waals surface area contributed by atoms with Crippen LogP contribution in [0.25, 0.3) is 0 Å². The van der Waals surface area contributed by atoms with Gasteiger partial charge in [0.15, 0.2) is 0 Å². The van der Waals surface area contributed by atoms with Crippen LogP contribution in [0.3, 0.4) is 0 Å². The second-order valence-corrected chi connectivity index (χ2v) is 8.84. The molecule has 1 aromatic rings. The summed E-state index contributed by atoms with van der Waals surface area (Å²) in [5, 5.41) is 14.8. The van der Waals surface area contributed by atoms with Gasteiger partial charge in [0.05, 0.1) is 25.4 Å². The van der Waals surface area contributed by atoms with Gasteiger partial charge in [0.1, 0.15) is 12.4 Å². The number of nitrogens with zero attached hydrogens (tertiary/aromatic N) is 1. The molecule has 1 aliphatic heterocycles. The molecule has 0 spiro atoms. The zero-order chi connectivity index (χ0) is 23.6. The third-order valence-corrected chi connectivity index (χ3v) is 4.66. The van der Waals surface area contributed by atoms with Crippen molar-refractivity contribution in [2.24, 2.45) is 0 Å². The van der Waals surface area contributed by atoms with Gasteiger partial charge in [-0.3, -0.25) is 4.90 Å². The number of rotatable bonds is 7. The molecule has 2 rings (SSSR count). The Hall–Kier alpha value is -2.16. The number of carboxylic acids is 2. The average Bonchev–Trinajstić information content (AvgIpc) is 2.64. The van der Waals surface area contributed by atoms with Gasteiger partial charge in [0, 0.05) is 19.6 Å². The van der Waals surface area contributed by atoms with Crippen molar-refractivity contribution in [2.45, 2.75) is 59.2 Å². The molecule has 1 saturated heterocycles. The summed E-state index contributed by atoms with van der Waals surface area (Å²) < 4.78 is 17.5. The zero-order valence-corrected chi connectivity index (χ0v) is 19.5. The lowest BCUT2D eigenvalue weighted by Gasteiger charge is -2.35. The summed E-state index contributed by atoms with van der Waals surface area (Å²) in [6.45, 7) is 17.9. The van der Waals surface area contributed by atoms with Crippen LogP contribution in [0, 0.1) is 6.92 Å². The van der Waals surface area contributed by atoms with Gasteiger partial charge in [0.2, 0.25) is 0 Å². The van der Waals surface area contributed by atoms with Crippen LogP contribution in [0.4, 0.5) is 0 Å². The molecule has 0 saturated carbocycles. The fourth-order valence-corrected chi connectivity index (χ4v) is 3.33. The summed E-state index contributed by atoms with van der Waals surface area (Å²) in [4.78, 5) is 20.6. The number of morpholine rings is 1. The highest BCUT2D eigenvalue weighted by Gasteiger charge is 2.22. The SMILES string of the molecule is Cc1ccc(OCCOCCN2CC(C)OC(C)C2)c(C(C)(C)C)c1.O=C(O)C(=O)O. The fourth-order valence-electron chi connectivity index (χ4n) is 3.33. The lowest BCUT2D eigenvalue weighted by Crippen LogP contribution is -2.46. The Morgan fingerprint density at radius 3 is 2.16 bits per heavy atom. The molecule has 176 valence electrons. The van der Waals surface area contributed by atoms with Crippen molar-refractivity contribution in [3.8, 4) is 5.75 Å². The van der Waals surface area contributed by atoms with E-state index < -0.39 is 11.9 Å². The lowest BCUT2D eigenvalue weighted by molar-refractivity contribution is -0.159. The Labute approximate surface area is 185 Å². The summed E-state index contributed by atoms with van der Waals surface area (Å²) in [5.74, 6) is -2.68. The minimum atomic E-state index is -1.82. The fraction of sp³-hybridized carbons (Fsp3) is 0.652. The molecule has 0 aliphatic carbocycles. The quantitative estimate of drug-likeness (QED) is 0.493.